The van der Waals surface area contributed by atoms with E-state index in [9.17, 15) is 9.90 Å². The lowest BCUT2D eigenvalue weighted by Crippen LogP contribution is -2.10. The Morgan fingerprint density at radius 1 is 1.10 bits per heavy atom. The van der Waals surface area contributed by atoms with Crippen molar-refractivity contribution < 1.29 is 9.90 Å². The van der Waals surface area contributed by atoms with Gasteiger partial charge in [-0.1, -0.05) is 84.1 Å². The lowest BCUT2D eigenvalue weighted by atomic mass is 10.1. The Bertz CT molecular complexity index is 606. The molecule has 0 amide bonds. The number of hydrogen-bond donors (Lipinski definition) is 1. The Morgan fingerprint density at radius 3 is 2.25 bits per heavy atom. The van der Waals surface area contributed by atoms with Crippen LogP contribution in [0.4, 0.5) is 0 Å². The van der Waals surface area contributed by atoms with E-state index in [-0.39, 0.29) is 0 Å². The third-order valence-electron chi connectivity index (χ3n) is 2.84. The number of aryl methyl sites for hydroxylation is 1. The zero-order valence-corrected chi connectivity index (χ0v) is 12.6. The van der Waals surface area contributed by atoms with Crippen LogP contribution in [0.2, 0.25) is 0 Å². The molecular formula is C16H14O2S2. The summed E-state index contributed by atoms with van der Waals surface area (Å²) in [6.45, 7) is 2.00. The molecule has 2 rings (SSSR count). The number of thioether (sulfide) groups is 1. The smallest absolute Gasteiger partial charge is 0.321 e. The molecule has 0 aliphatic heterocycles. The molecule has 102 valence electrons. The van der Waals surface area contributed by atoms with Crippen molar-refractivity contribution in [2.75, 3.05) is 0 Å². The minimum Gasteiger partial charge on any atom is -0.480 e. The predicted octanol–water partition coefficient (Wildman–Crippen LogP) is 4.23. The maximum absolute atomic E-state index is 11.4. The first-order chi connectivity index (χ1) is 9.58. The van der Waals surface area contributed by atoms with E-state index in [2.05, 4.69) is 0 Å². The molecule has 1 atom stereocenters. The summed E-state index contributed by atoms with van der Waals surface area (Å²) in [6.07, 6.45) is 0. The normalized spacial score (nSPS) is 11.8. The third kappa shape index (κ3) is 3.68. The largest absolute Gasteiger partial charge is 0.480 e. The van der Waals surface area contributed by atoms with Crippen LogP contribution in [-0.2, 0) is 4.79 Å². The first-order valence-corrected chi connectivity index (χ1v) is 7.42. The Kier molecular flexibility index (Phi) is 4.93. The summed E-state index contributed by atoms with van der Waals surface area (Å²) in [5.41, 5.74) is 2.79. The van der Waals surface area contributed by atoms with Crippen LogP contribution in [0.15, 0.2) is 54.6 Å². The van der Waals surface area contributed by atoms with Crippen molar-refractivity contribution >= 4 is 34.1 Å². The fraction of sp³-hybridized carbons (Fsp3) is 0.125. The number of hydrogen-bond acceptors (Lipinski definition) is 3. The molecule has 0 aliphatic rings. The average Bonchev–Trinajstić information content (AvgIpc) is 2.46. The molecule has 0 aromatic heterocycles. The fourth-order valence-electron chi connectivity index (χ4n) is 1.75. The highest BCUT2D eigenvalue weighted by Crippen LogP contribution is 2.32. The third-order valence-corrected chi connectivity index (χ3v) is 4.52. The Morgan fingerprint density at radius 2 is 1.70 bits per heavy atom. The molecule has 0 aliphatic carbocycles. The Hall–Kier alpha value is -1.65. The van der Waals surface area contributed by atoms with Crippen molar-refractivity contribution in [1.82, 2.24) is 0 Å². The van der Waals surface area contributed by atoms with Gasteiger partial charge in [0.2, 0.25) is 0 Å². The first-order valence-electron chi connectivity index (χ1n) is 6.13. The average molecular weight is 302 g/mol. The van der Waals surface area contributed by atoms with E-state index in [0.29, 0.717) is 4.20 Å². The predicted molar refractivity (Wildman–Crippen MR) is 87.3 cm³/mol. The van der Waals surface area contributed by atoms with Crippen LogP contribution in [0.5, 0.6) is 0 Å². The summed E-state index contributed by atoms with van der Waals surface area (Å²) in [7, 11) is 0. The molecule has 2 aromatic rings. The number of thiocarbonyl (C=S) groups is 1. The molecule has 1 N–H and O–H groups in total. The van der Waals surface area contributed by atoms with Gasteiger partial charge in [-0.15, -0.1) is 0 Å². The monoisotopic (exact) mass is 302 g/mol. The van der Waals surface area contributed by atoms with Crippen molar-refractivity contribution in [3.05, 3.63) is 71.3 Å². The van der Waals surface area contributed by atoms with Crippen molar-refractivity contribution in [3.8, 4) is 0 Å². The minimum atomic E-state index is -0.879. The maximum atomic E-state index is 11.4. The molecule has 0 bridgehead atoms. The van der Waals surface area contributed by atoms with Gasteiger partial charge in [-0.05, 0) is 18.1 Å². The molecule has 0 spiro atoms. The van der Waals surface area contributed by atoms with Crippen molar-refractivity contribution in [2.45, 2.75) is 12.2 Å². The van der Waals surface area contributed by atoms with Crippen LogP contribution >= 0.6 is 24.0 Å². The van der Waals surface area contributed by atoms with Crippen LogP contribution in [0.1, 0.15) is 21.9 Å². The van der Waals surface area contributed by atoms with Crippen LogP contribution < -0.4 is 0 Å². The standard InChI is InChI=1S/C16H14O2S2/c1-11-7-9-13(10-8-11)16(19)20-14(15(17)18)12-5-3-2-4-6-12/h2-10,14H,1H3,(H,17,18)/t14-/m0/s1. The highest BCUT2D eigenvalue weighted by atomic mass is 32.2. The summed E-state index contributed by atoms with van der Waals surface area (Å²) in [6, 6.07) is 16.9. The van der Waals surface area contributed by atoms with Gasteiger partial charge in [-0.2, -0.15) is 0 Å². The van der Waals surface area contributed by atoms with Gasteiger partial charge in [0.15, 0.2) is 0 Å². The van der Waals surface area contributed by atoms with Gasteiger partial charge in [0.1, 0.15) is 5.25 Å². The first kappa shape index (κ1) is 14.8. The quantitative estimate of drug-likeness (QED) is 0.858. The molecule has 4 heteroatoms. The zero-order chi connectivity index (χ0) is 14.5. The second-order valence-corrected chi connectivity index (χ2v) is 6.18. The van der Waals surface area contributed by atoms with Gasteiger partial charge in [-0.25, -0.2) is 0 Å². The second-order valence-electron chi connectivity index (χ2n) is 4.40. The number of carboxylic acid groups (broad SMARTS) is 1. The van der Waals surface area contributed by atoms with E-state index in [1.54, 1.807) is 0 Å². The van der Waals surface area contributed by atoms with E-state index in [0.717, 1.165) is 16.7 Å². The number of rotatable bonds is 4. The van der Waals surface area contributed by atoms with Crippen molar-refractivity contribution in [2.24, 2.45) is 0 Å². The molecule has 2 nitrogen and oxygen atoms in total. The highest BCUT2D eigenvalue weighted by molar-refractivity contribution is 8.24. The van der Waals surface area contributed by atoms with E-state index in [1.807, 2.05) is 61.5 Å². The molecule has 0 saturated heterocycles. The van der Waals surface area contributed by atoms with Gasteiger partial charge in [0, 0.05) is 0 Å². The van der Waals surface area contributed by atoms with Gasteiger partial charge in [0.05, 0.1) is 4.20 Å². The van der Waals surface area contributed by atoms with Crippen LogP contribution in [0.3, 0.4) is 0 Å². The van der Waals surface area contributed by atoms with Crippen LogP contribution in [-0.4, -0.2) is 15.3 Å². The number of carbonyl (C=O) groups is 1. The summed E-state index contributed by atoms with van der Waals surface area (Å²) < 4.78 is 0.598. The van der Waals surface area contributed by atoms with Gasteiger partial charge >= 0.3 is 5.97 Å². The SMILES string of the molecule is Cc1ccc(C(=S)S[C@H](C(=O)O)c2ccccc2)cc1. The molecule has 0 heterocycles. The molecule has 20 heavy (non-hydrogen) atoms. The van der Waals surface area contributed by atoms with Gasteiger partial charge in [-0.3, -0.25) is 4.79 Å². The molecular weight excluding hydrogens is 288 g/mol. The summed E-state index contributed by atoms with van der Waals surface area (Å²) >= 11 is 6.56. The molecule has 0 saturated carbocycles. The second kappa shape index (κ2) is 6.68. The number of aliphatic carboxylic acids is 1. The fourth-order valence-corrected chi connectivity index (χ4v) is 3.06. The molecule has 0 radical (unpaired) electrons. The van der Waals surface area contributed by atoms with Gasteiger partial charge < -0.3 is 5.11 Å². The maximum Gasteiger partial charge on any atom is 0.321 e. The number of carboxylic acids is 1. The highest BCUT2D eigenvalue weighted by Gasteiger charge is 2.22. The van der Waals surface area contributed by atoms with E-state index >= 15 is 0 Å². The van der Waals surface area contributed by atoms with Crippen molar-refractivity contribution in [1.29, 1.82) is 0 Å². The lowest BCUT2D eigenvalue weighted by molar-refractivity contribution is -0.136. The minimum absolute atomic E-state index is 0.598. The van der Waals surface area contributed by atoms with Crippen molar-refractivity contribution in [3.63, 3.8) is 0 Å². The molecule has 2 aromatic carbocycles. The summed E-state index contributed by atoms with van der Waals surface area (Å²) in [4.78, 5) is 11.4. The molecule has 0 unspecified atom stereocenters. The Labute approximate surface area is 127 Å². The summed E-state index contributed by atoms with van der Waals surface area (Å²) in [5, 5.41) is 8.71. The van der Waals surface area contributed by atoms with E-state index < -0.39 is 11.2 Å². The summed E-state index contributed by atoms with van der Waals surface area (Å²) in [5.74, 6) is -0.879. The molecule has 0 fully saturated rings. The zero-order valence-electron chi connectivity index (χ0n) is 10.9. The lowest BCUT2D eigenvalue weighted by Gasteiger charge is -2.13. The Balaban J connectivity index is 2.19. The van der Waals surface area contributed by atoms with Crippen LogP contribution in [0.25, 0.3) is 0 Å². The van der Waals surface area contributed by atoms with E-state index in [1.165, 1.54) is 11.8 Å². The van der Waals surface area contributed by atoms with Gasteiger partial charge in [0.25, 0.3) is 0 Å². The van der Waals surface area contributed by atoms with Crippen LogP contribution in [0, 0.1) is 6.92 Å². The topological polar surface area (TPSA) is 37.3 Å². The number of benzene rings is 2. The van der Waals surface area contributed by atoms with E-state index in [4.69, 9.17) is 12.2 Å².